The van der Waals surface area contributed by atoms with Crippen molar-refractivity contribution in [1.29, 1.82) is 0 Å². The molecule has 9 nitrogen and oxygen atoms in total. The van der Waals surface area contributed by atoms with Crippen molar-refractivity contribution < 1.29 is 14.4 Å². The number of carbonyl (C=O) groups is 1. The molecule has 0 spiro atoms. The Bertz CT molecular complexity index is 1000. The largest absolute Gasteiger partial charge is 0.465 e. The summed E-state index contributed by atoms with van der Waals surface area (Å²) in [4.78, 5) is 22.0. The average molecular weight is 422 g/mol. The molecule has 0 unspecified atom stereocenters. The number of rotatable bonds is 11. The van der Waals surface area contributed by atoms with Crippen molar-refractivity contribution in [2.75, 3.05) is 6.61 Å². The molecule has 162 valence electrons. The maximum absolute atomic E-state index is 12.0. The summed E-state index contributed by atoms with van der Waals surface area (Å²) in [6, 6.07) is 15.0. The van der Waals surface area contributed by atoms with Crippen LogP contribution < -0.4 is 0 Å². The predicted molar refractivity (Wildman–Crippen MR) is 114 cm³/mol. The number of benzene rings is 1. The van der Waals surface area contributed by atoms with E-state index < -0.39 is 0 Å². The lowest BCUT2D eigenvalue weighted by atomic mass is 10.1. The highest BCUT2D eigenvalue weighted by Gasteiger charge is 2.15. The standard InChI is InChI=1S/C22H26N6O3/c1-3-4-8-14-30-20(29)15-18-12-9-13-19(23-18)16-31-25-21(17-10-6-5-7-11-17)22-24-26-27-28(22)2/h5-7,9-13H,3-4,8,14-16H2,1-2H3. The highest BCUT2D eigenvalue weighted by atomic mass is 16.6. The van der Waals surface area contributed by atoms with Gasteiger partial charge in [0, 0.05) is 12.6 Å². The number of unbranched alkanes of at least 4 members (excludes halogenated alkanes) is 2. The Morgan fingerprint density at radius 1 is 1.06 bits per heavy atom. The third kappa shape index (κ3) is 6.70. The van der Waals surface area contributed by atoms with Gasteiger partial charge in [0.1, 0.15) is 0 Å². The van der Waals surface area contributed by atoms with E-state index in [2.05, 4.69) is 32.6 Å². The van der Waals surface area contributed by atoms with Gasteiger partial charge in [0.15, 0.2) is 12.3 Å². The molecule has 3 rings (SSSR count). The van der Waals surface area contributed by atoms with Crippen molar-refractivity contribution in [1.82, 2.24) is 25.2 Å². The van der Waals surface area contributed by atoms with Crippen LogP contribution >= 0.6 is 0 Å². The zero-order chi connectivity index (χ0) is 21.9. The third-order valence-corrected chi connectivity index (χ3v) is 4.45. The molecule has 0 aliphatic carbocycles. The minimum absolute atomic E-state index is 0.128. The molecule has 1 aromatic carbocycles. The molecule has 31 heavy (non-hydrogen) atoms. The zero-order valence-electron chi connectivity index (χ0n) is 17.8. The van der Waals surface area contributed by atoms with E-state index in [0.29, 0.717) is 29.5 Å². The van der Waals surface area contributed by atoms with Gasteiger partial charge < -0.3 is 9.57 Å². The number of hydrogen-bond acceptors (Lipinski definition) is 8. The topological polar surface area (TPSA) is 104 Å². The predicted octanol–water partition coefficient (Wildman–Crippen LogP) is 2.85. The second-order valence-corrected chi connectivity index (χ2v) is 6.93. The molecule has 0 saturated carbocycles. The second-order valence-electron chi connectivity index (χ2n) is 6.93. The summed E-state index contributed by atoms with van der Waals surface area (Å²) in [5, 5.41) is 15.8. The van der Waals surface area contributed by atoms with Crippen LogP contribution in [0.4, 0.5) is 0 Å². The molecule has 2 heterocycles. The molecule has 9 heteroatoms. The average Bonchev–Trinajstić information content (AvgIpc) is 3.21. The number of aryl methyl sites for hydroxylation is 1. The van der Waals surface area contributed by atoms with Crippen molar-refractivity contribution in [3.8, 4) is 0 Å². The van der Waals surface area contributed by atoms with E-state index >= 15 is 0 Å². The van der Waals surface area contributed by atoms with Gasteiger partial charge in [-0.1, -0.05) is 61.3 Å². The van der Waals surface area contributed by atoms with Crippen LogP contribution in [-0.2, 0) is 34.4 Å². The van der Waals surface area contributed by atoms with Crippen molar-refractivity contribution >= 4 is 11.7 Å². The lowest BCUT2D eigenvalue weighted by molar-refractivity contribution is -0.143. The summed E-state index contributed by atoms with van der Waals surface area (Å²) in [5.74, 6) is 0.208. The Kier molecular flexibility index (Phi) is 8.21. The summed E-state index contributed by atoms with van der Waals surface area (Å²) in [6.45, 7) is 2.70. The van der Waals surface area contributed by atoms with Gasteiger partial charge in [0.2, 0.25) is 5.82 Å². The van der Waals surface area contributed by atoms with Gasteiger partial charge in [-0.25, -0.2) is 4.68 Å². The number of oxime groups is 1. The lowest BCUT2D eigenvalue weighted by Crippen LogP contribution is -2.12. The van der Waals surface area contributed by atoms with Gasteiger partial charge in [-0.2, -0.15) is 0 Å². The van der Waals surface area contributed by atoms with Crippen LogP contribution in [-0.4, -0.2) is 43.5 Å². The van der Waals surface area contributed by atoms with E-state index in [1.807, 2.05) is 42.5 Å². The van der Waals surface area contributed by atoms with E-state index in [1.54, 1.807) is 13.1 Å². The van der Waals surface area contributed by atoms with Crippen LogP contribution in [0, 0.1) is 0 Å². The first kappa shape index (κ1) is 22.1. The number of tetrazole rings is 1. The van der Waals surface area contributed by atoms with Gasteiger partial charge in [0.05, 0.1) is 24.4 Å². The molecular formula is C22H26N6O3. The number of aromatic nitrogens is 5. The summed E-state index contributed by atoms with van der Waals surface area (Å²) in [5.41, 5.74) is 2.63. The van der Waals surface area contributed by atoms with Gasteiger partial charge in [-0.15, -0.1) is 5.10 Å². The SMILES string of the molecule is CCCCCOC(=O)Cc1cccc(CON=C(c2ccccc2)c2nnnn2C)n1. The van der Waals surface area contributed by atoms with Gasteiger partial charge in [-0.3, -0.25) is 9.78 Å². The molecule has 0 bridgehead atoms. The molecule has 0 amide bonds. The summed E-state index contributed by atoms with van der Waals surface area (Å²) in [7, 11) is 1.74. The maximum Gasteiger partial charge on any atom is 0.311 e. The Labute approximate surface area is 181 Å². The number of hydrogen-bond donors (Lipinski definition) is 0. The molecule has 0 N–H and O–H groups in total. The molecule has 0 fully saturated rings. The molecule has 0 aliphatic rings. The van der Waals surface area contributed by atoms with Crippen LogP contribution in [0.3, 0.4) is 0 Å². The number of ether oxygens (including phenoxy) is 1. The Morgan fingerprint density at radius 3 is 2.61 bits per heavy atom. The second kappa shape index (κ2) is 11.5. The molecule has 3 aromatic rings. The van der Waals surface area contributed by atoms with Crippen LogP contribution in [0.15, 0.2) is 53.7 Å². The van der Waals surface area contributed by atoms with Crippen LogP contribution in [0.25, 0.3) is 0 Å². The smallest absolute Gasteiger partial charge is 0.311 e. The summed E-state index contributed by atoms with van der Waals surface area (Å²) in [6.07, 6.45) is 3.15. The Hall–Kier alpha value is -3.62. The van der Waals surface area contributed by atoms with Gasteiger partial charge >= 0.3 is 5.97 Å². The number of esters is 1. The van der Waals surface area contributed by atoms with Crippen LogP contribution in [0.1, 0.15) is 49.0 Å². The quantitative estimate of drug-likeness (QED) is 0.202. The van der Waals surface area contributed by atoms with Crippen molar-refractivity contribution in [3.05, 3.63) is 71.3 Å². The molecule has 0 saturated heterocycles. The van der Waals surface area contributed by atoms with Crippen molar-refractivity contribution in [2.45, 2.75) is 39.2 Å². The summed E-state index contributed by atoms with van der Waals surface area (Å²) < 4.78 is 6.78. The monoisotopic (exact) mass is 422 g/mol. The van der Waals surface area contributed by atoms with Crippen molar-refractivity contribution in [2.24, 2.45) is 12.2 Å². The van der Waals surface area contributed by atoms with Gasteiger partial charge in [0.25, 0.3) is 0 Å². The highest BCUT2D eigenvalue weighted by Crippen LogP contribution is 2.10. The highest BCUT2D eigenvalue weighted by molar-refractivity contribution is 6.10. The fraction of sp³-hybridized carbons (Fsp3) is 0.364. The zero-order valence-corrected chi connectivity index (χ0v) is 17.8. The minimum atomic E-state index is -0.277. The first-order chi connectivity index (χ1) is 15.2. The Morgan fingerprint density at radius 2 is 1.87 bits per heavy atom. The van der Waals surface area contributed by atoms with Crippen LogP contribution in [0.2, 0.25) is 0 Å². The fourth-order valence-corrected chi connectivity index (χ4v) is 2.86. The van der Waals surface area contributed by atoms with Gasteiger partial charge in [-0.05, 0) is 29.0 Å². The number of nitrogens with zero attached hydrogens (tertiary/aromatic N) is 6. The molecule has 0 aliphatic heterocycles. The lowest BCUT2D eigenvalue weighted by Gasteiger charge is -2.07. The first-order valence-corrected chi connectivity index (χ1v) is 10.3. The third-order valence-electron chi connectivity index (χ3n) is 4.45. The number of carbonyl (C=O) groups excluding carboxylic acids is 1. The number of pyridine rings is 1. The summed E-state index contributed by atoms with van der Waals surface area (Å²) >= 11 is 0. The molecule has 2 aromatic heterocycles. The van der Waals surface area contributed by atoms with E-state index in [4.69, 9.17) is 9.57 Å². The molecule has 0 radical (unpaired) electrons. The van der Waals surface area contributed by atoms with Crippen molar-refractivity contribution in [3.63, 3.8) is 0 Å². The first-order valence-electron chi connectivity index (χ1n) is 10.3. The fourth-order valence-electron chi connectivity index (χ4n) is 2.86. The molecule has 0 atom stereocenters. The van der Waals surface area contributed by atoms with E-state index in [0.717, 1.165) is 24.8 Å². The Balaban J connectivity index is 1.63. The van der Waals surface area contributed by atoms with E-state index in [1.165, 1.54) is 4.68 Å². The van der Waals surface area contributed by atoms with E-state index in [9.17, 15) is 4.79 Å². The normalized spacial score (nSPS) is 11.4. The maximum atomic E-state index is 12.0. The van der Waals surface area contributed by atoms with E-state index in [-0.39, 0.29) is 19.0 Å². The van der Waals surface area contributed by atoms with Crippen LogP contribution in [0.5, 0.6) is 0 Å². The molecular weight excluding hydrogens is 396 g/mol. The minimum Gasteiger partial charge on any atom is -0.465 e.